The maximum atomic E-state index is 11.4. The molecule has 0 saturated heterocycles. The van der Waals surface area contributed by atoms with Gasteiger partial charge in [0.1, 0.15) is 0 Å². The number of unbranched alkanes of at least 4 members (excludes halogenated alkanes) is 1. The van der Waals surface area contributed by atoms with Crippen molar-refractivity contribution in [3.63, 3.8) is 0 Å². The van der Waals surface area contributed by atoms with Crippen LogP contribution in [0.15, 0.2) is 11.6 Å². The Morgan fingerprint density at radius 3 is 2.58 bits per heavy atom. The van der Waals surface area contributed by atoms with Gasteiger partial charge in [-0.05, 0) is 25.3 Å². The molecule has 0 saturated carbocycles. The van der Waals surface area contributed by atoms with E-state index >= 15 is 0 Å². The SMILES string of the molecule is CCCCC1=CC(=O)C(C)(C)C1. The summed E-state index contributed by atoms with van der Waals surface area (Å²) in [4.78, 5) is 11.4. The average Bonchev–Trinajstić information content (AvgIpc) is 2.22. The predicted molar refractivity (Wildman–Crippen MR) is 51.0 cm³/mol. The van der Waals surface area contributed by atoms with E-state index in [2.05, 4.69) is 6.92 Å². The summed E-state index contributed by atoms with van der Waals surface area (Å²) in [5.74, 6) is 0.314. The van der Waals surface area contributed by atoms with E-state index in [9.17, 15) is 4.79 Å². The fourth-order valence-corrected chi connectivity index (χ4v) is 1.65. The van der Waals surface area contributed by atoms with E-state index in [-0.39, 0.29) is 5.41 Å². The lowest BCUT2D eigenvalue weighted by atomic mass is 9.88. The molecule has 0 amide bonds. The molecule has 0 N–H and O–H groups in total. The largest absolute Gasteiger partial charge is 0.294 e. The van der Waals surface area contributed by atoms with Crippen LogP contribution in [-0.2, 0) is 4.79 Å². The maximum Gasteiger partial charge on any atom is 0.161 e. The number of carbonyl (C=O) groups excluding carboxylic acids is 1. The van der Waals surface area contributed by atoms with E-state index in [1.54, 1.807) is 0 Å². The predicted octanol–water partition coefficient (Wildman–Crippen LogP) is 3.10. The minimum Gasteiger partial charge on any atom is -0.294 e. The monoisotopic (exact) mass is 166 g/mol. The van der Waals surface area contributed by atoms with Crippen molar-refractivity contribution in [2.75, 3.05) is 0 Å². The standard InChI is InChI=1S/C11H18O/c1-4-5-6-9-7-10(12)11(2,3)8-9/h7H,4-6,8H2,1-3H3. The first-order valence-corrected chi connectivity index (χ1v) is 4.80. The van der Waals surface area contributed by atoms with Crippen LogP contribution in [0.3, 0.4) is 0 Å². The van der Waals surface area contributed by atoms with Gasteiger partial charge in [-0.15, -0.1) is 0 Å². The van der Waals surface area contributed by atoms with Gasteiger partial charge in [0.2, 0.25) is 0 Å². The van der Waals surface area contributed by atoms with E-state index in [0.717, 1.165) is 12.8 Å². The Morgan fingerprint density at radius 1 is 1.50 bits per heavy atom. The summed E-state index contributed by atoms with van der Waals surface area (Å²) in [6.07, 6.45) is 6.38. The second kappa shape index (κ2) is 3.42. The molecule has 0 aromatic rings. The first-order chi connectivity index (χ1) is 5.56. The van der Waals surface area contributed by atoms with Crippen molar-refractivity contribution in [1.82, 2.24) is 0 Å². The van der Waals surface area contributed by atoms with Crippen LogP contribution in [-0.4, -0.2) is 5.78 Å². The van der Waals surface area contributed by atoms with Gasteiger partial charge in [-0.3, -0.25) is 4.79 Å². The van der Waals surface area contributed by atoms with Gasteiger partial charge in [-0.1, -0.05) is 32.8 Å². The van der Waals surface area contributed by atoms with Crippen molar-refractivity contribution in [3.8, 4) is 0 Å². The zero-order chi connectivity index (χ0) is 9.19. The molecule has 0 atom stereocenters. The lowest BCUT2D eigenvalue weighted by molar-refractivity contribution is -0.121. The highest BCUT2D eigenvalue weighted by Gasteiger charge is 2.32. The van der Waals surface area contributed by atoms with Crippen LogP contribution in [0.25, 0.3) is 0 Å². The first-order valence-electron chi connectivity index (χ1n) is 4.80. The van der Waals surface area contributed by atoms with Crippen LogP contribution in [0, 0.1) is 5.41 Å². The number of allylic oxidation sites excluding steroid dienone is 2. The van der Waals surface area contributed by atoms with Gasteiger partial charge in [0.15, 0.2) is 5.78 Å². The van der Waals surface area contributed by atoms with Crippen molar-refractivity contribution in [1.29, 1.82) is 0 Å². The summed E-state index contributed by atoms with van der Waals surface area (Å²) in [6.45, 7) is 6.25. The molecule has 1 nitrogen and oxygen atoms in total. The molecule has 1 aliphatic rings. The molecule has 1 rings (SSSR count). The second-order valence-corrected chi connectivity index (χ2v) is 4.33. The topological polar surface area (TPSA) is 17.1 Å². The van der Waals surface area contributed by atoms with Crippen LogP contribution < -0.4 is 0 Å². The molecule has 0 aromatic carbocycles. The highest BCUT2D eigenvalue weighted by atomic mass is 16.1. The fraction of sp³-hybridized carbons (Fsp3) is 0.727. The average molecular weight is 166 g/mol. The van der Waals surface area contributed by atoms with Crippen molar-refractivity contribution < 1.29 is 4.79 Å². The molecule has 0 spiro atoms. The molecule has 0 bridgehead atoms. The third-order valence-electron chi connectivity index (χ3n) is 2.52. The van der Waals surface area contributed by atoms with Gasteiger partial charge < -0.3 is 0 Å². The lowest BCUT2D eigenvalue weighted by Crippen LogP contribution is -2.16. The quantitative estimate of drug-likeness (QED) is 0.629. The summed E-state index contributed by atoms with van der Waals surface area (Å²) in [5, 5.41) is 0. The lowest BCUT2D eigenvalue weighted by Gasteiger charge is -2.14. The highest BCUT2D eigenvalue weighted by molar-refractivity contribution is 5.97. The summed E-state index contributed by atoms with van der Waals surface area (Å²) in [6, 6.07) is 0. The van der Waals surface area contributed by atoms with Gasteiger partial charge in [-0.2, -0.15) is 0 Å². The Hall–Kier alpha value is -0.590. The van der Waals surface area contributed by atoms with Gasteiger partial charge in [-0.25, -0.2) is 0 Å². The molecule has 0 fully saturated rings. The second-order valence-electron chi connectivity index (χ2n) is 4.33. The van der Waals surface area contributed by atoms with E-state index in [1.807, 2.05) is 19.9 Å². The Labute approximate surface area is 74.9 Å². The highest BCUT2D eigenvalue weighted by Crippen LogP contribution is 2.35. The molecular formula is C11H18O. The molecule has 0 unspecified atom stereocenters. The summed E-state index contributed by atoms with van der Waals surface area (Å²) in [5.41, 5.74) is 1.25. The van der Waals surface area contributed by atoms with E-state index in [0.29, 0.717) is 5.78 Å². The Morgan fingerprint density at radius 2 is 2.17 bits per heavy atom. The summed E-state index contributed by atoms with van der Waals surface area (Å²) < 4.78 is 0. The molecule has 12 heavy (non-hydrogen) atoms. The van der Waals surface area contributed by atoms with Gasteiger partial charge in [0.05, 0.1) is 0 Å². The van der Waals surface area contributed by atoms with Crippen molar-refractivity contribution in [2.45, 2.75) is 46.5 Å². The van der Waals surface area contributed by atoms with Crippen LogP contribution >= 0.6 is 0 Å². The molecule has 0 aliphatic heterocycles. The van der Waals surface area contributed by atoms with Crippen LogP contribution in [0.4, 0.5) is 0 Å². The van der Waals surface area contributed by atoms with Gasteiger partial charge in [0, 0.05) is 5.41 Å². The summed E-state index contributed by atoms with van der Waals surface area (Å²) >= 11 is 0. The van der Waals surface area contributed by atoms with E-state index in [1.165, 1.54) is 18.4 Å². The maximum absolute atomic E-state index is 11.4. The Kier molecular flexibility index (Phi) is 2.71. The fourth-order valence-electron chi connectivity index (χ4n) is 1.65. The molecule has 68 valence electrons. The minimum absolute atomic E-state index is 0.108. The zero-order valence-corrected chi connectivity index (χ0v) is 8.31. The van der Waals surface area contributed by atoms with Gasteiger partial charge >= 0.3 is 0 Å². The number of carbonyl (C=O) groups is 1. The molecule has 1 heteroatoms. The van der Waals surface area contributed by atoms with Crippen LogP contribution in [0.5, 0.6) is 0 Å². The smallest absolute Gasteiger partial charge is 0.161 e. The third-order valence-corrected chi connectivity index (χ3v) is 2.52. The normalized spacial score (nSPS) is 21.2. The van der Waals surface area contributed by atoms with Crippen LogP contribution in [0.1, 0.15) is 46.5 Å². The molecule has 0 radical (unpaired) electrons. The van der Waals surface area contributed by atoms with Crippen molar-refractivity contribution in [3.05, 3.63) is 11.6 Å². The zero-order valence-electron chi connectivity index (χ0n) is 8.31. The summed E-state index contributed by atoms with van der Waals surface area (Å²) in [7, 11) is 0. The molecule has 0 aromatic heterocycles. The minimum atomic E-state index is -0.108. The van der Waals surface area contributed by atoms with E-state index < -0.39 is 0 Å². The Bertz CT molecular complexity index is 211. The first kappa shape index (κ1) is 9.50. The number of rotatable bonds is 3. The van der Waals surface area contributed by atoms with Crippen molar-refractivity contribution in [2.24, 2.45) is 5.41 Å². The Balaban J connectivity index is 2.51. The number of hydrogen-bond acceptors (Lipinski definition) is 1. The molecule has 0 heterocycles. The van der Waals surface area contributed by atoms with E-state index in [4.69, 9.17) is 0 Å². The third kappa shape index (κ3) is 1.96. The van der Waals surface area contributed by atoms with Crippen molar-refractivity contribution >= 4 is 5.78 Å². The molecule has 1 aliphatic carbocycles. The number of hydrogen-bond donors (Lipinski definition) is 0. The number of ketones is 1. The van der Waals surface area contributed by atoms with Crippen LogP contribution in [0.2, 0.25) is 0 Å². The van der Waals surface area contributed by atoms with Gasteiger partial charge in [0.25, 0.3) is 0 Å². The molecular weight excluding hydrogens is 148 g/mol.